The van der Waals surface area contributed by atoms with E-state index in [1.807, 2.05) is 20.8 Å². The molecule has 0 amide bonds. The molecule has 3 rings (SSSR count). The number of fused-ring (bicyclic) bond motifs is 1. The van der Waals surface area contributed by atoms with Gasteiger partial charge in [-0.25, -0.2) is 9.18 Å². The molecule has 5 unspecified atom stereocenters. The third kappa shape index (κ3) is 1.56. The molecule has 5 heteroatoms. The van der Waals surface area contributed by atoms with Crippen molar-refractivity contribution in [3.63, 3.8) is 0 Å². The number of ether oxygens (including phenoxy) is 2. The lowest BCUT2D eigenvalue weighted by molar-refractivity contribution is -0.170. The summed E-state index contributed by atoms with van der Waals surface area (Å²) in [5.41, 5.74) is -2.38. The van der Waals surface area contributed by atoms with Crippen LogP contribution < -0.4 is 0 Å². The van der Waals surface area contributed by atoms with E-state index < -0.39 is 35.2 Å². The van der Waals surface area contributed by atoms with E-state index in [1.165, 1.54) is 0 Å². The van der Waals surface area contributed by atoms with E-state index >= 15 is 0 Å². The Kier molecular flexibility index (Phi) is 2.51. The summed E-state index contributed by atoms with van der Waals surface area (Å²) in [5.74, 6) is -1.56. The molecule has 1 heterocycles. The maximum Gasteiger partial charge on any atom is 0.344 e. The third-order valence-corrected chi connectivity index (χ3v) is 5.15. The zero-order valence-corrected chi connectivity index (χ0v) is 11.4. The summed E-state index contributed by atoms with van der Waals surface area (Å²) >= 11 is 0. The van der Waals surface area contributed by atoms with Gasteiger partial charge in [0, 0.05) is 11.8 Å². The number of carbonyl (C=O) groups excluding carboxylic acids is 2. The number of hydrogen-bond acceptors (Lipinski definition) is 4. The van der Waals surface area contributed by atoms with Crippen molar-refractivity contribution < 1.29 is 23.5 Å². The average Bonchev–Trinajstić information content (AvgIpc) is 2.90. The molecule has 2 bridgehead atoms. The molecule has 3 fully saturated rings. The molecule has 1 saturated heterocycles. The fourth-order valence-electron chi connectivity index (χ4n) is 3.47. The van der Waals surface area contributed by atoms with E-state index in [-0.39, 0.29) is 18.3 Å². The highest BCUT2D eigenvalue weighted by molar-refractivity contribution is 5.84. The minimum absolute atomic E-state index is 0.0805. The van der Waals surface area contributed by atoms with Gasteiger partial charge in [0.05, 0.1) is 5.41 Å². The van der Waals surface area contributed by atoms with Gasteiger partial charge in [0.15, 0.2) is 0 Å². The Morgan fingerprint density at radius 3 is 2.89 bits per heavy atom. The third-order valence-electron chi connectivity index (χ3n) is 5.15. The van der Waals surface area contributed by atoms with E-state index in [9.17, 15) is 14.0 Å². The fraction of sp³-hybridized carbons (Fsp3) is 0.857. The van der Waals surface area contributed by atoms with Gasteiger partial charge in [0.2, 0.25) is 5.67 Å². The van der Waals surface area contributed by atoms with Crippen molar-refractivity contribution in [2.75, 3.05) is 0 Å². The Hall–Kier alpha value is -1.13. The van der Waals surface area contributed by atoms with Crippen LogP contribution in [0, 0.1) is 17.3 Å². The first-order valence-electron chi connectivity index (χ1n) is 6.90. The van der Waals surface area contributed by atoms with Crippen molar-refractivity contribution in [2.45, 2.75) is 57.9 Å². The van der Waals surface area contributed by atoms with Gasteiger partial charge in [-0.1, -0.05) is 6.92 Å². The largest absolute Gasteiger partial charge is 0.458 e. The minimum Gasteiger partial charge on any atom is -0.458 e. The van der Waals surface area contributed by atoms with Crippen LogP contribution in [-0.2, 0) is 19.1 Å². The van der Waals surface area contributed by atoms with Crippen molar-refractivity contribution >= 4 is 11.9 Å². The fourth-order valence-corrected chi connectivity index (χ4v) is 3.47. The number of hydrogen-bond donors (Lipinski definition) is 0. The van der Waals surface area contributed by atoms with Crippen LogP contribution in [0.5, 0.6) is 0 Å². The van der Waals surface area contributed by atoms with E-state index in [1.54, 1.807) is 0 Å². The van der Waals surface area contributed by atoms with Crippen molar-refractivity contribution in [2.24, 2.45) is 17.3 Å². The predicted molar refractivity (Wildman–Crippen MR) is 63.9 cm³/mol. The Balaban J connectivity index is 1.76. The zero-order chi connectivity index (χ0) is 14.0. The molecular formula is C14H19FO4. The summed E-state index contributed by atoms with van der Waals surface area (Å²) in [6, 6.07) is 0. The zero-order valence-electron chi connectivity index (χ0n) is 11.4. The van der Waals surface area contributed by atoms with Crippen molar-refractivity contribution in [1.82, 2.24) is 0 Å². The highest BCUT2D eigenvalue weighted by Gasteiger charge is 2.72. The second-order valence-electron chi connectivity index (χ2n) is 6.65. The number of halogens is 1. The van der Waals surface area contributed by atoms with Gasteiger partial charge in [0.1, 0.15) is 12.2 Å². The van der Waals surface area contributed by atoms with Crippen LogP contribution in [0.4, 0.5) is 4.39 Å². The molecule has 0 radical (unpaired) electrons. The van der Waals surface area contributed by atoms with Gasteiger partial charge < -0.3 is 9.47 Å². The van der Waals surface area contributed by atoms with Crippen molar-refractivity contribution in [3.8, 4) is 0 Å². The molecule has 0 aromatic carbocycles. The molecule has 5 atom stereocenters. The second kappa shape index (κ2) is 3.70. The quantitative estimate of drug-likeness (QED) is 0.736. The average molecular weight is 270 g/mol. The summed E-state index contributed by atoms with van der Waals surface area (Å²) in [5, 5.41) is 0. The first-order valence-corrected chi connectivity index (χ1v) is 6.90. The minimum atomic E-state index is -1.82. The lowest BCUT2D eigenvalue weighted by Gasteiger charge is -2.30. The lowest BCUT2D eigenvalue weighted by Crippen LogP contribution is -2.43. The Morgan fingerprint density at radius 2 is 2.26 bits per heavy atom. The Labute approximate surface area is 111 Å². The maximum absolute atomic E-state index is 14.4. The molecule has 0 N–H and O–H groups in total. The molecule has 0 spiro atoms. The highest BCUT2D eigenvalue weighted by atomic mass is 19.1. The van der Waals surface area contributed by atoms with E-state index in [0.29, 0.717) is 12.8 Å². The Morgan fingerprint density at radius 1 is 1.58 bits per heavy atom. The smallest absolute Gasteiger partial charge is 0.344 e. The number of carbonyl (C=O) groups is 2. The summed E-state index contributed by atoms with van der Waals surface area (Å²) in [7, 11) is 0. The summed E-state index contributed by atoms with van der Waals surface area (Å²) in [4.78, 5) is 23.7. The molecule has 1 aliphatic heterocycles. The summed E-state index contributed by atoms with van der Waals surface area (Å²) in [6.07, 6.45) is 0.352. The summed E-state index contributed by atoms with van der Waals surface area (Å²) < 4.78 is 25.0. The molecule has 4 nitrogen and oxygen atoms in total. The van der Waals surface area contributed by atoms with Crippen LogP contribution in [0.2, 0.25) is 0 Å². The number of esters is 2. The first kappa shape index (κ1) is 12.9. The van der Waals surface area contributed by atoms with Gasteiger partial charge in [0.25, 0.3) is 0 Å². The molecule has 0 aromatic heterocycles. The van der Waals surface area contributed by atoms with Crippen LogP contribution in [0.1, 0.15) is 40.0 Å². The predicted octanol–water partition coefficient (Wildman–Crippen LogP) is 2.01. The molecule has 106 valence electrons. The SMILES string of the molecule is CCC(C)(C)C(=O)OC1C2CC3C1OC(=O)C3(F)C2. The Bertz CT molecular complexity index is 447. The van der Waals surface area contributed by atoms with Crippen LogP contribution in [0.25, 0.3) is 0 Å². The molecule has 2 aliphatic carbocycles. The molecule has 2 saturated carbocycles. The lowest BCUT2D eigenvalue weighted by atomic mass is 9.85. The molecule has 3 aliphatic rings. The molecular weight excluding hydrogens is 251 g/mol. The van der Waals surface area contributed by atoms with Crippen LogP contribution in [-0.4, -0.2) is 29.8 Å². The number of rotatable bonds is 3. The van der Waals surface area contributed by atoms with E-state index in [0.717, 1.165) is 0 Å². The van der Waals surface area contributed by atoms with Crippen LogP contribution >= 0.6 is 0 Å². The summed E-state index contributed by atoms with van der Waals surface area (Å²) in [6.45, 7) is 5.57. The number of alkyl halides is 1. The van der Waals surface area contributed by atoms with Gasteiger partial charge in [-0.15, -0.1) is 0 Å². The molecule has 19 heavy (non-hydrogen) atoms. The van der Waals surface area contributed by atoms with Crippen molar-refractivity contribution in [3.05, 3.63) is 0 Å². The first-order chi connectivity index (χ1) is 8.79. The van der Waals surface area contributed by atoms with Crippen molar-refractivity contribution in [1.29, 1.82) is 0 Å². The monoisotopic (exact) mass is 270 g/mol. The van der Waals surface area contributed by atoms with Crippen LogP contribution in [0.15, 0.2) is 0 Å². The second-order valence-corrected chi connectivity index (χ2v) is 6.65. The van der Waals surface area contributed by atoms with E-state index in [4.69, 9.17) is 9.47 Å². The maximum atomic E-state index is 14.4. The van der Waals surface area contributed by atoms with Gasteiger partial charge in [-0.05, 0) is 33.1 Å². The van der Waals surface area contributed by atoms with E-state index in [2.05, 4.69) is 0 Å². The van der Waals surface area contributed by atoms with Gasteiger partial charge in [-0.2, -0.15) is 0 Å². The highest BCUT2D eigenvalue weighted by Crippen LogP contribution is 2.59. The standard InChI is InChI=1S/C14H19FO4/c1-4-13(2,3)11(16)18-9-7-5-8-10(9)19-12(17)14(8,15)6-7/h7-10H,4-6H2,1-3H3. The van der Waals surface area contributed by atoms with Gasteiger partial charge >= 0.3 is 11.9 Å². The van der Waals surface area contributed by atoms with Crippen LogP contribution in [0.3, 0.4) is 0 Å². The molecule has 0 aromatic rings. The van der Waals surface area contributed by atoms with Gasteiger partial charge in [-0.3, -0.25) is 4.79 Å². The topological polar surface area (TPSA) is 52.6 Å². The normalized spacial score (nSPS) is 43.5.